The van der Waals surface area contributed by atoms with Gasteiger partial charge in [-0.3, -0.25) is 9.59 Å². The molecule has 0 aliphatic carbocycles. The van der Waals surface area contributed by atoms with E-state index >= 15 is 0 Å². The summed E-state index contributed by atoms with van der Waals surface area (Å²) in [6.45, 7) is -0.386. The molecule has 3 rings (SSSR count). The zero-order valence-electron chi connectivity index (χ0n) is 12.9. The minimum absolute atomic E-state index is 0.111. The highest BCUT2D eigenvalue weighted by molar-refractivity contribution is 14.1. The molecule has 0 spiro atoms. The second-order valence-electron chi connectivity index (χ2n) is 5.18. The smallest absolute Gasteiger partial charge is 0.338 e. The average molecular weight is 468 g/mol. The van der Waals surface area contributed by atoms with Crippen LogP contribution in [0.15, 0.2) is 47.4 Å². The van der Waals surface area contributed by atoms with E-state index in [2.05, 4.69) is 33.2 Å². The maximum absolute atomic E-state index is 12.1. The topological polar surface area (TPSA) is 84.5 Å². The summed E-state index contributed by atoms with van der Waals surface area (Å²) >= 11 is 3.58. The van der Waals surface area contributed by atoms with Crippen LogP contribution in [0.5, 0.6) is 0 Å². The number of nitrogens with one attached hydrogen (secondary N) is 2. The van der Waals surface area contributed by atoms with Gasteiger partial charge in [-0.25, -0.2) is 4.79 Å². The number of anilines is 2. The Balaban J connectivity index is 1.57. The SMILES string of the molecule is O=C(COC(=O)c1ccc2c(c1)NC(=O)CS2)Nc1ccc(I)cc1. The number of esters is 1. The Kier molecular flexibility index (Phi) is 5.59. The van der Waals surface area contributed by atoms with Gasteiger partial charge in [0.25, 0.3) is 5.91 Å². The molecule has 0 unspecified atom stereocenters. The number of thioether (sulfide) groups is 1. The van der Waals surface area contributed by atoms with Crippen LogP contribution in [0, 0.1) is 3.57 Å². The van der Waals surface area contributed by atoms with Gasteiger partial charge in [-0.1, -0.05) is 0 Å². The average Bonchev–Trinajstić information content (AvgIpc) is 2.61. The van der Waals surface area contributed by atoms with Crippen LogP contribution in [-0.2, 0) is 14.3 Å². The fourth-order valence-electron chi connectivity index (χ4n) is 2.15. The Morgan fingerprint density at radius 2 is 1.96 bits per heavy atom. The van der Waals surface area contributed by atoms with Gasteiger partial charge in [0.2, 0.25) is 5.91 Å². The molecule has 2 aromatic carbocycles. The van der Waals surface area contributed by atoms with Crippen molar-refractivity contribution in [3.63, 3.8) is 0 Å². The molecule has 0 fully saturated rings. The Morgan fingerprint density at radius 1 is 1.20 bits per heavy atom. The fourth-order valence-corrected chi connectivity index (χ4v) is 3.30. The summed E-state index contributed by atoms with van der Waals surface area (Å²) in [5.74, 6) is -0.795. The van der Waals surface area contributed by atoms with Crippen LogP contribution >= 0.6 is 34.4 Å². The van der Waals surface area contributed by atoms with Crippen molar-refractivity contribution in [1.82, 2.24) is 0 Å². The van der Waals surface area contributed by atoms with E-state index < -0.39 is 11.9 Å². The molecule has 1 aliphatic heterocycles. The summed E-state index contributed by atoms with van der Waals surface area (Å²) in [6.07, 6.45) is 0. The van der Waals surface area contributed by atoms with Crippen molar-refractivity contribution >= 4 is 63.5 Å². The molecular weight excluding hydrogens is 455 g/mol. The number of ether oxygens (including phenoxy) is 1. The highest BCUT2D eigenvalue weighted by Crippen LogP contribution is 2.32. The molecule has 25 heavy (non-hydrogen) atoms. The minimum atomic E-state index is -0.620. The van der Waals surface area contributed by atoms with Gasteiger partial charge in [0.05, 0.1) is 17.0 Å². The number of benzene rings is 2. The molecule has 6 nitrogen and oxygen atoms in total. The Labute approximate surface area is 161 Å². The van der Waals surface area contributed by atoms with E-state index in [0.717, 1.165) is 8.47 Å². The van der Waals surface area contributed by atoms with Crippen LogP contribution in [0.4, 0.5) is 11.4 Å². The van der Waals surface area contributed by atoms with Crippen LogP contribution in [0.25, 0.3) is 0 Å². The van der Waals surface area contributed by atoms with Gasteiger partial charge in [-0.05, 0) is 65.1 Å². The lowest BCUT2D eigenvalue weighted by atomic mass is 10.2. The van der Waals surface area contributed by atoms with Crippen molar-refractivity contribution in [2.75, 3.05) is 23.0 Å². The van der Waals surface area contributed by atoms with Gasteiger partial charge >= 0.3 is 5.97 Å². The largest absolute Gasteiger partial charge is 0.452 e. The number of rotatable bonds is 4. The second-order valence-corrected chi connectivity index (χ2v) is 7.44. The van der Waals surface area contributed by atoms with Gasteiger partial charge in [-0.2, -0.15) is 0 Å². The first kappa shape index (κ1) is 17.7. The van der Waals surface area contributed by atoms with Crippen molar-refractivity contribution in [2.45, 2.75) is 4.90 Å². The number of halogens is 1. The summed E-state index contributed by atoms with van der Waals surface area (Å²) in [5.41, 5.74) is 1.50. The van der Waals surface area contributed by atoms with E-state index in [1.54, 1.807) is 30.3 Å². The lowest BCUT2D eigenvalue weighted by Crippen LogP contribution is -2.21. The Morgan fingerprint density at radius 3 is 2.72 bits per heavy atom. The normalized spacial score (nSPS) is 12.8. The van der Waals surface area contributed by atoms with E-state index in [4.69, 9.17) is 4.74 Å². The molecule has 0 saturated carbocycles. The standard InChI is InChI=1S/C17H13IN2O4S/c18-11-2-4-12(5-3-11)19-15(21)8-24-17(23)10-1-6-14-13(7-10)20-16(22)9-25-14/h1-7H,8-9H2,(H,19,21)(H,20,22). The zero-order valence-corrected chi connectivity index (χ0v) is 15.8. The Bertz CT molecular complexity index is 839. The molecular formula is C17H13IN2O4S. The first-order valence-electron chi connectivity index (χ1n) is 7.30. The van der Waals surface area contributed by atoms with Crippen molar-refractivity contribution in [1.29, 1.82) is 0 Å². The molecule has 0 radical (unpaired) electrons. The second kappa shape index (κ2) is 7.87. The monoisotopic (exact) mass is 468 g/mol. The molecule has 1 aliphatic rings. The highest BCUT2D eigenvalue weighted by Gasteiger charge is 2.18. The van der Waals surface area contributed by atoms with Crippen LogP contribution in [0.1, 0.15) is 10.4 Å². The number of carbonyl (C=O) groups is 3. The summed E-state index contributed by atoms with van der Waals surface area (Å²) < 4.78 is 6.09. The predicted molar refractivity (Wildman–Crippen MR) is 104 cm³/mol. The van der Waals surface area contributed by atoms with Gasteiger partial charge in [0.15, 0.2) is 6.61 Å². The zero-order chi connectivity index (χ0) is 17.8. The van der Waals surface area contributed by atoms with Crippen LogP contribution in [0.2, 0.25) is 0 Å². The number of hydrogen-bond donors (Lipinski definition) is 2. The molecule has 8 heteroatoms. The quantitative estimate of drug-likeness (QED) is 0.532. The van der Waals surface area contributed by atoms with E-state index in [1.807, 2.05) is 12.1 Å². The molecule has 1 heterocycles. The van der Waals surface area contributed by atoms with Gasteiger partial charge in [0.1, 0.15) is 0 Å². The lowest BCUT2D eigenvalue weighted by Gasteiger charge is -2.16. The Hall–Kier alpha value is -2.07. The summed E-state index contributed by atoms with van der Waals surface area (Å²) in [5, 5.41) is 5.36. The van der Waals surface area contributed by atoms with E-state index in [-0.39, 0.29) is 18.1 Å². The molecule has 0 bridgehead atoms. The van der Waals surface area contributed by atoms with Crippen molar-refractivity contribution in [2.24, 2.45) is 0 Å². The molecule has 0 saturated heterocycles. The van der Waals surface area contributed by atoms with Crippen molar-refractivity contribution in [3.8, 4) is 0 Å². The molecule has 2 amide bonds. The first-order valence-corrected chi connectivity index (χ1v) is 9.37. The first-order chi connectivity index (χ1) is 12.0. The molecule has 2 aromatic rings. The van der Waals surface area contributed by atoms with Crippen LogP contribution in [0.3, 0.4) is 0 Å². The van der Waals surface area contributed by atoms with Crippen LogP contribution in [-0.4, -0.2) is 30.1 Å². The van der Waals surface area contributed by atoms with Gasteiger partial charge in [-0.15, -0.1) is 11.8 Å². The number of fused-ring (bicyclic) bond motifs is 1. The minimum Gasteiger partial charge on any atom is -0.452 e. The molecule has 0 aromatic heterocycles. The lowest BCUT2D eigenvalue weighted by molar-refractivity contribution is -0.119. The maximum atomic E-state index is 12.1. The van der Waals surface area contributed by atoms with Gasteiger partial charge < -0.3 is 15.4 Å². The number of amides is 2. The summed E-state index contributed by atoms with van der Waals surface area (Å²) in [7, 11) is 0. The van der Waals surface area contributed by atoms with Crippen LogP contribution < -0.4 is 10.6 Å². The van der Waals surface area contributed by atoms with E-state index in [1.165, 1.54) is 11.8 Å². The molecule has 0 atom stereocenters. The fraction of sp³-hybridized carbons (Fsp3) is 0.118. The third-order valence-corrected chi connectivity index (χ3v) is 5.10. The van der Waals surface area contributed by atoms with E-state index in [0.29, 0.717) is 17.1 Å². The number of hydrogen-bond acceptors (Lipinski definition) is 5. The van der Waals surface area contributed by atoms with E-state index in [9.17, 15) is 14.4 Å². The van der Waals surface area contributed by atoms with Crippen molar-refractivity contribution < 1.29 is 19.1 Å². The van der Waals surface area contributed by atoms with Crippen molar-refractivity contribution in [3.05, 3.63) is 51.6 Å². The third-order valence-electron chi connectivity index (χ3n) is 3.31. The van der Waals surface area contributed by atoms with Gasteiger partial charge in [0, 0.05) is 14.2 Å². The third kappa shape index (κ3) is 4.73. The molecule has 128 valence electrons. The molecule has 2 N–H and O–H groups in total. The predicted octanol–water partition coefficient (Wildman–Crippen LogP) is 3.13. The summed E-state index contributed by atoms with van der Waals surface area (Å²) in [6, 6.07) is 12.2. The maximum Gasteiger partial charge on any atom is 0.338 e. The number of carbonyl (C=O) groups excluding carboxylic acids is 3. The highest BCUT2D eigenvalue weighted by atomic mass is 127. The summed E-state index contributed by atoms with van der Waals surface area (Å²) in [4.78, 5) is 36.3.